The van der Waals surface area contributed by atoms with E-state index in [1.165, 1.54) is 204 Å². The van der Waals surface area contributed by atoms with Gasteiger partial charge in [0.05, 0.1) is 19.5 Å². The minimum Gasteiger partial charge on any atom is -0.485 e. The van der Waals surface area contributed by atoms with Crippen LogP contribution in [0.25, 0.3) is 43.1 Å². The predicted molar refractivity (Wildman–Crippen MR) is 370 cm³/mol. The Bertz CT molecular complexity index is 2990. The van der Waals surface area contributed by atoms with Gasteiger partial charge in [0.1, 0.15) is 26.4 Å². The minimum atomic E-state index is -0.0281. The molecule has 0 bridgehead atoms. The van der Waals surface area contributed by atoms with E-state index in [0.717, 1.165) is 44.3 Å². The van der Waals surface area contributed by atoms with Gasteiger partial charge in [0, 0.05) is 92.4 Å². The van der Waals surface area contributed by atoms with Gasteiger partial charge in [-0.15, -0.1) is 22.7 Å². The largest absolute Gasteiger partial charge is 0.485 e. The van der Waals surface area contributed by atoms with E-state index in [-0.39, 0.29) is 46.8 Å². The molecule has 16 heteroatoms. The van der Waals surface area contributed by atoms with Crippen molar-refractivity contribution in [1.29, 1.82) is 0 Å². The number of halogens is 4. The van der Waals surface area contributed by atoms with E-state index in [4.69, 9.17) is 18.9 Å². The molecule has 4 aromatic carbocycles. The Labute approximate surface area is 549 Å². The van der Waals surface area contributed by atoms with Crippen LogP contribution in [0.3, 0.4) is 0 Å². The molecule has 4 N–H and O–H groups in total. The molecule has 13 rings (SSSR count). The maximum atomic E-state index is 6.87. The zero-order valence-corrected chi connectivity index (χ0v) is 57.7. The summed E-state index contributed by atoms with van der Waals surface area (Å²) < 4.78 is 43.3. The molecular formula is C68H80Br4N4O4S4. The number of hydrogen-bond acceptors (Lipinski definition) is 12. The summed E-state index contributed by atoms with van der Waals surface area (Å²) in [5.41, 5.74) is 14.1. The highest BCUT2D eigenvalue weighted by Crippen LogP contribution is 2.63. The third kappa shape index (κ3) is 11.5. The van der Waals surface area contributed by atoms with E-state index in [0.29, 0.717) is 26.4 Å². The summed E-state index contributed by atoms with van der Waals surface area (Å²) in [6.45, 7) is 2.15. The van der Waals surface area contributed by atoms with Crippen LogP contribution in [0, 0.1) is 0 Å². The zero-order chi connectivity index (χ0) is 57.0. The number of ether oxygens (including phenoxy) is 4. The summed E-state index contributed by atoms with van der Waals surface area (Å²) in [5.74, 6) is 3.82. The minimum absolute atomic E-state index is 0.0281. The van der Waals surface area contributed by atoms with Crippen LogP contribution in [-0.2, 0) is 10.8 Å². The van der Waals surface area contributed by atoms with E-state index >= 15 is 0 Å². The van der Waals surface area contributed by atoms with Gasteiger partial charge < -0.3 is 18.9 Å². The van der Waals surface area contributed by atoms with Gasteiger partial charge in [0.25, 0.3) is 0 Å². The number of thiophene rings is 2. The number of benzene rings is 4. The maximum absolute atomic E-state index is 6.87. The third-order valence-corrected chi connectivity index (χ3v) is 26.0. The highest BCUT2D eigenvalue weighted by molar-refractivity contribution is 9.09. The first-order valence-corrected chi connectivity index (χ1v) is 39.2. The maximum Gasteiger partial charge on any atom is 0.180 e. The first kappa shape index (κ1) is 60.8. The quantitative estimate of drug-likeness (QED) is 0.0217. The van der Waals surface area contributed by atoms with Gasteiger partial charge >= 0.3 is 0 Å². The van der Waals surface area contributed by atoms with Crippen molar-refractivity contribution in [2.45, 2.75) is 175 Å². The lowest BCUT2D eigenvalue weighted by molar-refractivity contribution is 0.162. The Morgan fingerprint density at radius 1 is 0.369 bits per heavy atom. The number of hydrogen-bond donors (Lipinski definition) is 4. The first-order chi connectivity index (χ1) is 41.5. The second-order valence-corrected chi connectivity index (χ2v) is 30.9. The molecule has 3 aliphatic carbocycles. The van der Waals surface area contributed by atoms with Gasteiger partial charge in [-0.2, -0.15) is 0 Å². The second kappa shape index (κ2) is 28.0. The molecule has 448 valence electrons. The van der Waals surface area contributed by atoms with Crippen molar-refractivity contribution in [1.82, 2.24) is 18.9 Å². The Morgan fingerprint density at radius 2 is 0.690 bits per heavy atom. The standard InChI is InChI=1S/C68H80Br4N4O4S4/c69-33-17-5-1-13-29-67(30-14-2-6-18-34-70)49-23-11-9-21-45(49)47-27-25-43(41-51(47)67)63-59-61(79-39-37-77-59)65(81-63)53-55-57(75-83-73-55)54(58-56(53)74-84-76-58)66-62-60(78-38-40-80-62)64(82-66)44-26-28-48-46-22-10-12-24-50(46)68(52(48)42-44,31-15-3-7-19-35-71)32-16-4-8-20-36-72/h9-12,21-28,41-42,53-58,73-76H,1-8,13-20,29-40H2. The molecule has 0 spiro atoms. The van der Waals surface area contributed by atoms with E-state index in [2.05, 4.69) is 168 Å². The van der Waals surface area contributed by atoms with Gasteiger partial charge in [0.15, 0.2) is 23.0 Å². The Morgan fingerprint density at radius 3 is 1.05 bits per heavy atom. The van der Waals surface area contributed by atoms with E-state index < -0.39 is 0 Å². The van der Waals surface area contributed by atoms with Gasteiger partial charge in [-0.25, -0.2) is 18.9 Å². The van der Waals surface area contributed by atoms with Crippen LogP contribution in [0.4, 0.5) is 0 Å². The predicted octanol–water partition coefficient (Wildman–Crippen LogP) is 19.5. The van der Waals surface area contributed by atoms with E-state index in [1.807, 2.05) is 22.7 Å². The van der Waals surface area contributed by atoms with Crippen molar-refractivity contribution in [3.63, 3.8) is 0 Å². The topological polar surface area (TPSA) is 85.0 Å². The van der Waals surface area contributed by atoms with Gasteiger partial charge in [0.2, 0.25) is 0 Å². The third-order valence-electron chi connectivity index (χ3n) is 19.6. The normalized spacial score (nSPS) is 22.6. The average Bonchev–Trinajstić information content (AvgIpc) is 2.48. The van der Waals surface area contributed by atoms with Crippen molar-refractivity contribution < 1.29 is 18.9 Å². The molecule has 0 radical (unpaired) electrons. The van der Waals surface area contributed by atoms with Gasteiger partial charge in [-0.1, -0.05) is 214 Å². The summed E-state index contributed by atoms with van der Waals surface area (Å²) in [4.78, 5) is 4.88. The lowest BCUT2D eigenvalue weighted by Gasteiger charge is -2.45. The second-order valence-electron chi connectivity index (χ2n) is 24.3. The van der Waals surface area contributed by atoms with Crippen LogP contribution >= 0.6 is 111 Å². The molecule has 1 saturated carbocycles. The highest BCUT2D eigenvalue weighted by Gasteiger charge is 2.59. The summed E-state index contributed by atoms with van der Waals surface area (Å²) in [6.07, 6.45) is 24.6. The Hall–Kier alpha value is -2.06. The number of unbranched alkanes of at least 4 members (excludes halogenated alkanes) is 12. The molecule has 4 atom stereocenters. The van der Waals surface area contributed by atoms with Crippen molar-refractivity contribution in [2.24, 2.45) is 0 Å². The van der Waals surface area contributed by atoms with Crippen molar-refractivity contribution in [2.75, 3.05) is 47.7 Å². The molecule has 3 fully saturated rings. The van der Waals surface area contributed by atoms with Crippen LogP contribution in [-0.4, -0.2) is 71.9 Å². The number of nitrogens with one attached hydrogen (secondary N) is 4. The average molecular weight is 1470 g/mol. The first-order valence-electron chi connectivity index (χ1n) is 31.5. The van der Waals surface area contributed by atoms with Crippen LogP contribution in [0.1, 0.15) is 172 Å². The molecule has 0 amide bonds. The summed E-state index contributed by atoms with van der Waals surface area (Å²) in [6, 6.07) is 33.8. The van der Waals surface area contributed by atoms with Crippen LogP contribution in [0.2, 0.25) is 0 Å². The van der Waals surface area contributed by atoms with E-state index in [9.17, 15) is 0 Å². The zero-order valence-electron chi connectivity index (χ0n) is 48.1. The molecule has 4 aliphatic heterocycles. The van der Waals surface area contributed by atoms with Crippen molar-refractivity contribution in [3.05, 3.63) is 117 Å². The van der Waals surface area contributed by atoms with Crippen molar-refractivity contribution >= 4 is 111 Å². The number of alkyl halides is 4. The van der Waals surface area contributed by atoms with Crippen LogP contribution < -0.4 is 37.8 Å². The monoisotopic (exact) mass is 1460 g/mol. The molecular weight excluding hydrogens is 1380 g/mol. The summed E-state index contributed by atoms with van der Waals surface area (Å²) in [5, 5.41) is 4.30. The Kier molecular flexibility index (Phi) is 20.3. The van der Waals surface area contributed by atoms with Gasteiger partial charge in [-0.05, 0) is 119 Å². The molecule has 6 aromatic rings. The molecule has 2 saturated heterocycles. The highest BCUT2D eigenvalue weighted by atomic mass is 79.9. The molecule has 7 aliphatic rings. The number of rotatable bonds is 28. The Balaban J connectivity index is 0.851. The molecule has 4 unspecified atom stereocenters. The lowest BCUT2D eigenvalue weighted by atomic mass is 9.68. The molecule has 84 heavy (non-hydrogen) atoms. The fourth-order valence-electron chi connectivity index (χ4n) is 15.7. The van der Waals surface area contributed by atoms with Crippen molar-refractivity contribution in [3.8, 4) is 66.1 Å². The van der Waals surface area contributed by atoms with E-state index in [1.54, 1.807) is 24.3 Å². The fourth-order valence-corrected chi connectivity index (χ4v) is 21.9. The molecule has 6 heterocycles. The SMILES string of the molecule is BrCCCCCCC1(CCCCCCBr)c2ccccc2-c2ccc(-c3sc(C4C5NSNC5C(c5sc(-c6ccc7c(c6)C(CCCCCCBr)(CCCCCCBr)c6ccccc6-7)c6c5OCCO6)C5NSNC54)c4c3OCCO4)cc21. The summed E-state index contributed by atoms with van der Waals surface area (Å²) >= 11 is 21.9. The molecule has 2 aromatic heterocycles. The smallest absolute Gasteiger partial charge is 0.180 e. The van der Waals surface area contributed by atoms with Gasteiger partial charge in [-0.3, -0.25) is 0 Å². The summed E-state index contributed by atoms with van der Waals surface area (Å²) in [7, 11) is 0. The lowest BCUT2D eigenvalue weighted by Crippen LogP contribution is -2.61. The fraction of sp³-hybridized carbons (Fsp3) is 0.529. The van der Waals surface area contributed by atoms with Crippen LogP contribution in [0.5, 0.6) is 23.0 Å². The molecule has 8 nitrogen and oxygen atoms in total. The number of fused-ring (bicyclic) bond motifs is 10. The van der Waals surface area contributed by atoms with Crippen LogP contribution in [0.15, 0.2) is 84.9 Å².